The van der Waals surface area contributed by atoms with Crippen LogP contribution in [0.25, 0.3) is 62.1 Å². The minimum Gasteiger partial charge on any atom is -0.0528 e. The SMILES string of the molecule is Cc1ccc2c(n1)sc1c(-c3cccc(N(c4ccccc4)c4cccc(-c5cccc6c5[se]c5ccncc56)n4)n3)cccc12. The van der Waals surface area contributed by atoms with Gasteiger partial charge in [0, 0.05) is 11.1 Å². The van der Waals surface area contributed by atoms with Crippen LogP contribution in [-0.4, -0.2) is 34.4 Å². The quantitative estimate of drug-likeness (QED) is 0.170. The van der Waals surface area contributed by atoms with E-state index >= 15 is 0 Å². The molecule has 0 bridgehead atoms. The summed E-state index contributed by atoms with van der Waals surface area (Å²) in [4.78, 5) is 23.0. The molecule has 6 heterocycles. The molecule has 0 unspecified atom stereocenters. The molecule has 0 saturated carbocycles. The van der Waals surface area contributed by atoms with Crippen molar-refractivity contribution in [1.82, 2.24) is 19.9 Å². The number of thiophene rings is 1. The first kappa shape index (κ1) is 27.1. The second-order valence-electron chi connectivity index (χ2n) is 11.2. The van der Waals surface area contributed by atoms with Crippen molar-refractivity contribution in [3.05, 3.63) is 139 Å². The van der Waals surface area contributed by atoms with Crippen LogP contribution in [0, 0.1) is 6.92 Å². The van der Waals surface area contributed by atoms with E-state index in [2.05, 4.69) is 125 Å². The Bertz CT molecular complexity index is 2570. The van der Waals surface area contributed by atoms with Gasteiger partial charge < -0.3 is 0 Å². The summed E-state index contributed by atoms with van der Waals surface area (Å²) >= 11 is 1.92. The van der Waals surface area contributed by atoms with Crippen molar-refractivity contribution in [2.75, 3.05) is 4.90 Å². The molecule has 9 aromatic rings. The van der Waals surface area contributed by atoms with E-state index in [0.717, 1.165) is 44.8 Å². The third-order valence-corrected chi connectivity index (χ3v) is 12.0. The van der Waals surface area contributed by atoms with Crippen LogP contribution >= 0.6 is 11.3 Å². The molecule has 0 spiro atoms. The Morgan fingerprint density at radius 2 is 1.30 bits per heavy atom. The van der Waals surface area contributed by atoms with E-state index in [0.29, 0.717) is 0 Å². The predicted octanol–water partition coefficient (Wildman–Crippen LogP) is 10.1. The van der Waals surface area contributed by atoms with E-state index in [4.69, 9.17) is 15.0 Å². The number of aryl methyl sites for hydroxylation is 1. The van der Waals surface area contributed by atoms with Crippen molar-refractivity contribution in [3.63, 3.8) is 0 Å². The minimum atomic E-state index is 0.193. The topological polar surface area (TPSA) is 54.8 Å². The first-order valence-corrected chi connectivity index (χ1v) is 17.6. The summed E-state index contributed by atoms with van der Waals surface area (Å²) < 4.78 is 3.92. The standard InChI is InChI=1S/C39H25N5SSe/c1-24-19-20-28-26-11-5-13-29(37(26)45-39(28)41-24)32-15-7-17-35(42-32)44(25-9-3-2-4-10-25)36-18-8-16-33(43-36)30-14-6-12-27-31-23-40-22-21-34(31)46-38(27)30/h2-23H,1H3. The van der Waals surface area contributed by atoms with Gasteiger partial charge in [-0.2, -0.15) is 0 Å². The fourth-order valence-corrected chi connectivity index (χ4v) is 9.91. The Balaban J connectivity index is 1.20. The van der Waals surface area contributed by atoms with E-state index in [-0.39, 0.29) is 14.5 Å². The van der Waals surface area contributed by atoms with Gasteiger partial charge >= 0.3 is 230 Å². The van der Waals surface area contributed by atoms with Crippen LogP contribution in [0.15, 0.2) is 134 Å². The summed E-state index contributed by atoms with van der Waals surface area (Å²) in [5.74, 6) is 1.62. The van der Waals surface area contributed by atoms with Gasteiger partial charge in [-0.05, 0) is 19.1 Å². The molecule has 0 fully saturated rings. The number of para-hydroxylation sites is 1. The molecule has 9 rings (SSSR count). The maximum atomic E-state index is 5.30. The van der Waals surface area contributed by atoms with Crippen molar-refractivity contribution in [1.29, 1.82) is 0 Å². The van der Waals surface area contributed by atoms with Crippen LogP contribution in [0.4, 0.5) is 17.3 Å². The second-order valence-corrected chi connectivity index (χ2v) is 14.4. The average molecular weight is 675 g/mol. The molecule has 7 heteroatoms. The van der Waals surface area contributed by atoms with Crippen LogP contribution in [0.1, 0.15) is 5.69 Å². The van der Waals surface area contributed by atoms with E-state index in [1.165, 1.54) is 40.3 Å². The average Bonchev–Trinajstić information content (AvgIpc) is 3.67. The molecule has 5 nitrogen and oxygen atoms in total. The molecule has 0 saturated heterocycles. The third kappa shape index (κ3) is 4.52. The zero-order chi connectivity index (χ0) is 30.6. The third-order valence-electron chi connectivity index (χ3n) is 8.30. The molecule has 0 N–H and O–H groups in total. The van der Waals surface area contributed by atoms with Crippen molar-refractivity contribution in [2.24, 2.45) is 0 Å². The maximum absolute atomic E-state index is 5.30. The first-order valence-electron chi connectivity index (χ1n) is 15.1. The monoisotopic (exact) mass is 675 g/mol. The molecular formula is C39H25N5SSe. The van der Waals surface area contributed by atoms with Gasteiger partial charge in [0.25, 0.3) is 0 Å². The smallest absolute Gasteiger partial charge is 0.0528 e. The summed E-state index contributed by atoms with van der Waals surface area (Å²) in [6.45, 7) is 2.04. The van der Waals surface area contributed by atoms with E-state index in [9.17, 15) is 0 Å². The number of hydrogen-bond donors (Lipinski definition) is 0. The van der Waals surface area contributed by atoms with Gasteiger partial charge in [-0.1, -0.05) is 6.07 Å². The number of fused-ring (bicyclic) bond motifs is 6. The van der Waals surface area contributed by atoms with Gasteiger partial charge in [0.15, 0.2) is 0 Å². The number of benzene rings is 3. The number of nitrogens with zero attached hydrogens (tertiary/aromatic N) is 5. The Labute approximate surface area is 275 Å². The fourth-order valence-electron chi connectivity index (χ4n) is 6.17. The predicted molar refractivity (Wildman–Crippen MR) is 193 cm³/mol. The van der Waals surface area contributed by atoms with E-state index in [1.807, 2.05) is 25.4 Å². The second kappa shape index (κ2) is 11.0. The number of rotatable bonds is 5. The van der Waals surface area contributed by atoms with Crippen molar-refractivity contribution in [3.8, 4) is 22.5 Å². The Morgan fingerprint density at radius 3 is 2.11 bits per heavy atom. The van der Waals surface area contributed by atoms with Gasteiger partial charge in [0.1, 0.15) is 4.83 Å². The van der Waals surface area contributed by atoms with Gasteiger partial charge in [-0.3, -0.25) is 0 Å². The summed E-state index contributed by atoms with van der Waals surface area (Å²) in [5, 5.41) is 4.90. The van der Waals surface area contributed by atoms with Crippen LogP contribution in [0.5, 0.6) is 0 Å². The molecular weight excluding hydrogens is 649 g/mol. The van der Waals surface area contributed by atoms with Gasteiger partial charge in [0.2, 0.25) is 0 Å². The molecule has 0 aliphatic heterocycles. The zero-order valence-electron chi connectivity index (χ0n) is 24.8. The number of anilines is 3. The van der Waals surface area contributed by atoms with Gasteiger partial charge in [0.05, 0.1) is 0 Å². The van der Waals surface area contributed by atoms with Gasteiger partial charge in [-0.25, -0.2) is 4.98 Å². The van der Waals surface area contributed by atoms with Crippen LogP contribution in [0.2, 0.25) is 0 Å². The molecule has 0 aliphatic carbocycles. The molecule has 6 aromatic heterocycles. The van der Waals surface area contributed by atoms with Crippen molar-refractivity contribution in [2.45, 2.75) is 6.92 Å². The molecule has 0 atom stereocenters. The van der Waals surface area contributed by atoms with E-state index in [1.54, 1.807) is 11.3 Å². The van der Waals surface area contributed by atoms with E-state index < -0.39 is 0 Å². The zero-order valence-corrected chi connectivity index (χ0v) is 27.3. The van der Waals surface area contributed by atoms with Gasteiger partial charge in [-0.15, -0.1) is 0 Å². The molecule has 0 amide bonds. The summed E-state index contributed by atoms with van der Waals surface area (Å²) in [6.07, 6.45) is 3.88. The number of hydrogen-bond acceptors (Lipinski definition) is 6. The Kier molecular flexibility index (Phi) is 6.49. The summed E-state index contributed by atoms with van der Waals surface area (Å²) in [7, 11) is 0. The van der Waals surface area contributed by atoms with Crippen LogP contribution in [0.3, 0.4) is 0 Å². The minimum absolute atomic E-state index is 0.193. The van der Waals surface area contributed by atoms with Crippen LogP contribution in [-0.2, 0) is 0 Å². The molecule has 46 heavy (non-hydrogen) atoms. The number of pyridine rings is 4. The summed E-state index contributed by atoms with van der Waals surface area (Å²) in [6, 6.07) is 42.3. The molecule has 0 radical (unpaired) electrons. The number of aromatic nitrogens is 4. The normalized spacial score (nSPS) is 11.6. The molecule has 218 valence electrons. The first-order chi connectivity index (χ1) is 22.7. The molecule has 3 aromatic carbocycles. The van der Waals surface area contributed by atoms with Crippen LogP contribution < -0.4 is 4.90 Å². The Morgan fingerprint density at radius 1 is 0.587 bits per heavy atom. The van der Waals surface area contributed by atoms with Crippen molar-refractivity contribution >= 4 is 82.8 Å². The van der Waals surface area contributed by atoms with Crippen molar-refractivity contribution < 1.29 is 0 Å². The Hall–Kier alpha value is -5.20. The summed E-state index contributed by atoms with van der Waals surface area (Å²) in [5.41, 5.74) is 6.16. The fraction of sp³-hybridized carbons (Fsp3) is 0.0256. The molecule has 0 aliphatic rings.